The van der Waals surface area contributed by atoms with Crippen LogP contribution in [0.4, 0.5) is 0 Å². The third-order valence-electron chi connectivity index (χ3n) is 5.40. The Hall–Kier alpha value is -3.67. The van der Waals surface area contributed by atoms with Gasteiger partial charge in [-0.3, -0.25) is 24.2 Å². The Balaban J connectivity index is 1.35. The average Bonchev–Trinajstić information content (AvgIpc) is 3.38. The van der Waals surface area contributed by atoms with Gasteiger partial charge in [0.15, 0.2) is 0 Å². The molecule has 0 atom stereocenters. The van der Waals surface area contributed by atoms with E-state index in [0.29, 0.717) is 30.9 Å². The van der Waals surface area contributed by atoms with Crippen LogP contribution in [0.3, 0.4) is 0 Å². The summed E-state index contributed by atoms with van der Waals surface area (Å²) in [5.74, 6) is -1.25. The molecule has 0 unspecified atom stereocenters. The molecule has 0 saturated carbocycles. The smallest absolute Gasteiger partial charge is 0.270 e. The van der Waals surface area contributed by atoms with Crippen LogP contribution in [-0.4, -0.2) is 59.0 Å². The fourth-order valence-corrected chi connectivity index (χ4v) is 4.30. The second-order valence-electron chi connectivity index (χ2n) is 7.95. The van der Waals surface area contributed by atoms with E-state index >= 15 is 0 Å². The Morgan fingerprint density at radius 1 is 1.15 bits per heavy atom. The number of fused-ring (bicyclic) bond motifs is 2. The lowest BCUT2D eigenvalue weighted by Gasteiger charge is -2.26. The second-order valence-corrected chi connectivity index (χ2v) is 9.70. The van der Waals surface area contributed by atoms with E-state index in [1.54, 1.807) is 4.90 Å². The summed E-state index contributed by atoms with van der Waals surface area (Å²) in [6.07, 6.45) is 1.09. The first-order chi connectivity index (χ1) is 15.7. The van der Waals surface area contributed by atoms with Crippen molar-refractivity contribution in [1.29, 1.82) is 0 Å². The standard InChI is InChI=1S/C21H24N6O5S/c1-33(31,32)26-20(29)7-6-19(28)22-11-18-14-12-27(9-8-16(14)24-25-18)21(30)17-10-13-4-2-3-5-15(13)23-17/h2-5,10,23H,6-9,11-12H2,1H3,(H,22,28)(H,24,25)(H,26,29). The Morgan fingerprint density at radius 2 is 1.91 bits per heavy atom. The molecule has 3 aromatic rings. The minimum atomic E-state index is -3.65. The molecule has 1 aromatic carbocycles. The summed E-state index contributed by atoms with van der Waals surface area (Å²) in [6, 6.07) is 9.52. The molecule has 1 aliphatic rings. The lowest BCUT2D eigenvalue weighted by atomic mass is 10.0. The Bertz CT molecular complexity index is 1290. The van der Waals surface area contributed by atoms with Gasteiger partial charge in [0.05, 0.1) is 18.5 Å². The van der Waals surface area contributed by atoms with Crippen LogP contribution in [0, 0.1) is 0 Å². The summed E-state index contributed by atoms with van der Waals surface area (Å²) < 4.78 is 23.9. The fourth-order valence-electron chi connectivity index (χ4n) is 3.79. The van der Waals surface area contributed by atoms with Gasteiger partial charge in [-0.2, -0.15) is 5.10 Å². The second kappa shape index (κ2) is 9.06. The maximum atomic E-state index is 13.0. The number of nitrogens with one attached hydrogen (secondary N) is 4. The topological polar surface area (TPSA) is 157 Å². The van der Waals surface area contributed by atoms with Crippen LogP contribution in [0.15, 0.2) is 30.3 Å². The van der Waals surface area contributed by atoms with Crippen molar-refractivity contribution >= 4 is 38.6 Å². The minimum Gasteiger partial charge on any atom is -0.351 e. The summed E-state index contributed by atoms with van der Waals surface area (Å²) in [4.78, 5) is 41.5. The van der Waals surface area contributed by atoms with E-state index in [1.807, 2.05) is 35.1 Å². The first kappa shape index (κ1) is 22.5. The number of rotatable bonds is 7. The van der Waals surface area contributed by atoms with Gasteiger partial charge in [-0.05, 0) is 12.1 Å². The summed E-state index contributed by atoms with van der Waals surface area (Å²) in [7, 11) is -3.65. The molecular weight excluding hydrogens is 448 g/mol. The van der Waals surface area contributed by atoms with Crippen LogP contribution in [-0.2, 0) is 39.1 Å². The predicted octanol–water partition coefficient (Wildman–Crippen LogP) is 0.562. The molecule has 11 nitrogen and oxygen atoms in total. The monoisotopic (exact) mass is 472 g/mol. The van der Waals surface area contributed by atoms with Crippen LogP contribution in [0.25, 0.3) is 10.9 Å². The molecule has 0 saturated heterocycles. The summed E-state index contributed by atoms with van der Waals surface area (Å²) in [6.45, 7) is 1.04. The molecule has 174 valence electrons. The molecule has 0 bridgehead atoms. The molecule has 4 N–H and O–H groups in total. The number of carbonyl (C=O) groups is 3. The Kier molecular flexibility index (Phi) is 6.18. The van der Waals surface area contributed by atoms with Crippen molar-refractivity contribution in [3.05, 3.63) is 53.0 Å². The van der Waals surface area contributed by atoms with Crippen LogP contribution >= 0.6 is 0 Å². The van der Waals surface area contributed by atoms with E-state index in [-0.39, 0.29) is 25.3 Å². The summed E-state index contributed by atoms with van der Waals surface area (Å²) >= 11 is 0. The molecule has 3 amide bonds. The zero-order valence-electron chi connectivity index (χ0n) is 18.0. The predicted molar refractivity (Wildman–Crippen MR) is 119 cm³/mol. The van der Waals surface area contributed by atoms with Gasteiger partial charge in [-0.25, -0.2) is 8.42 Å². The van der Waals surface area contributed by atoms with Crippen molar-refractivity contribution in [1.82, 2.24) is 30.1 Å². The quantitative estimate of drug-likeness (QED) is 0.394. The van der Waals surface area contributed by atoms with Crippen molar-refractivity contribution in [3.8, 4) is 0 Å². The van der Waals surface area contributed by atoms with Gasteiger partial charge >= 0.3 is 0 Å². The van der Waals surface area contributed by atoms with E-state index in [4.69, 9.17) is 0 Å². The zero-order chi connectivity index (χ0) is 23.6. The maximum absolute atomic E-state index is 13.0. The third kappa shape index (κ3) is 5.40. The molecule has 0 fully saturated rings. The normalized spacial score (nSPS) is 13.5. The highest BCUT2D eigenvalue weighted by Crippen LogP contribution is 2.23. The van der Waals surface area contributed by atoms with Gasteiger partial charge in [0, 0.05) is 54.5 Å². The van der Waals surface area contributed by atoms with Crippen LogP contribution in [0.1, 0.15) is 40.3 Å². The van der Waals surface area contributed by atoms with Crippen molar-refractivity contribution in [2.45, 2.75) is 32.4 Å². The number of hydrogen-bond acceptors (Lipinski definition) is 6. The molecule has 33 heavy (non-hydrogen) atoms. The number of H-pyrrole nitrogens is 2. The molecule has 0 radical (unpaired) electrons. The average molecular weight is 473 g/mol. The maximum Gasteiger partial charge on any atom is 0.270 e. The number of aromatic nitrogens is 3. The van der Waals surface area contributed by atoms with Crippen LogP contribution < -0.4 is 10.0 Å². The molecule has 2 aromatic heterocycles. The van der Waals surface area contributed by atoms with Gasteiger partial charge in [-0.15, -0.1) is 0 Å². The van der Waals surface area contributed by atoms with Gasteiger partial charge in [-0.1, -0.05) is 18.2 Å². The Morgan fingerprint density at radius 3 is 2.67 bits per heavy atom. The SMILES string of the molecule is CS(=O)(=O)NC(=O)CCC(=O)NCc1n[nH]c2c1CN(C(=O)c1cc3ccccc3[nH]1)CC2. The number of carbonyl (C=O) groups excluding carboxylic acids is 3. The molecule has 12 heteroatoms. The number of nitrogens with zero attached hydrogens (tertiary/aromatic N) is 2. The third-order valence-corrected chi connectivity index (χ3v) is 6.00. The van der Waals surface area contributed by atoms with Gasteiger partial charge in [0.2, 0.25) is 21.8 Å². The number of benzene rings is 1. The lowest BCUT2D eigenvalue weighted by molar-refractivity contribution is -0.125. The fraction of sp³-hybridized carbons (Fsp3) is 0.333. The van der Waals surface area contributed by atoms with E-state index in [9.17, 15) is 22.8 Å². The van der Waals surface area contributed by atoms with E-state index in [2.05, 4.69) is 20.5 Å². The van der Waals surface area contributed by atoms with E-state index < -0.39 is 21.8 Å². The van der Waals surface area contributed by atoms with Crippen molar-refractivity contribution in [2.75, 3.05) is 12.8 Å². The molecule has 0 aliphatic carbocycles. The van der Waals surface area contributed by atoms with E-state index in [0.717, 1.165) is 28.4 Å². The number of sulfonamides is 1. The van der Waals surface area contributed by atoms with Crippen molar-refractivity contribution < 1.29 is 22.8 Å². The zero-order valence-corrected chi connectivity index (χ0v) is 18.8. The van der Waals surface area contributed by atoms with E-state index in [1.165, 1.54) is 0 Å². The molecule has 1 aliphatic heterocycles. The largest absolute Gasteiger partial charge is 0.351 e. The highest BCUT2D eigenvalue weighted by molar-refractivity contribution is 7.89. The molecule has 3 heterocycles. The summed E-state index contributed by atoms with van der Waals surface area (Å²) in [5.41, 5.74) is 3.82. The first-order valence-electron chi connectivity index (χ1n) is 10.4. The first-order valence-corrected chi connectivity index (χ1v) is 12.3. The molecular formula is C21H24N6O5S. The highest BCUT2D eigenvalue weighted by atomic mass is 32.2. The van der Waals surface area contributed by atoms with Crippen LogP contribution in [0.5, 0.6) is 0 Å². The highest BCUT2D eigenvalue weighted by Gasteiger charge is 2.26. The number of para-hydroxylation sites is 1. The molecule has 4 rings (SSSR count). The van der Waals surface area contributed by atoms with Gasteiger partial charge in [0.25, 0.3) is 5.91 Å². The number of amides is 3. The minimum absolute atomic E-state index is 0.107. The number of aromatic amines is 2. The van der Waals surface area contributed by atoms with Gasteiger partial charge in [0.1, 0.15) is 5.69 Å². The van der Waals surface area contributed by atoms with Crippen molar-refractivity contribution in [2.24, 2.45) is 0 Å². The lowest BCUT2D eigenvalue weighted by Crippen LogP contribution is -2.36. The van der Waals surface area contributed by atoms with Gasteiger partial charge < -0.3 is 15.2 Å². The van der Waals surface area contributed by atoms with Crippen molar-refractivity contribution in [3.63, 3.8) is 0 Å². The van der Waals surface area contributed by atoms with Crippen LogP contribution in [0.2, 0.25) is 0 Å². The molecule has 0 spiro atoms. The Labute approximate surface area is 190 Å². The summed E-state index contributed by atoms with van der Waals surface area (Å²) in [5, 5.41) is 10.9. The number of hydrogen-bond donors (Lipinski definition) is 4.